The summed E-state index contributed by atoms with van der Waals surface area (Å²) in [5.41, 5.74) is 0. The van der Waals surface area contributed by atoms with Crippen molar-refractivity contribution >= 4 is 0 Å². The molecule has 0 radical (unpaired) electrons. The molecular formula is C6H5Ce-. The van der Waals surface area contributed by atoms with Gasteiger partial charge in [0.25, 0.3) is 0 Å². The summed E-state index contributed by atoms with van der Waals surface area (Å²) in [6.45, 7) is 0. The predicted octanol–water partition coefficient (Wildman–Crippen LogP) is 1.49. The molecule has 0 aliphatic rings. The first kappa shape index (κ1) is 7.60. The van der Waals surface area contributed by atoms with Crippen molar-refractivity contribution in [3.63, 3.8) is 0 Å². The van der Waals surface area contributed by atoms with E-state index in [0.717, 1.165) is 0 Å². The zero-order valence-electron chi connectivity index (χ0n) is 3.89. The maximum Gasteiger partial charge on any atom is 0 e. The SMILES string of the molecule is [Ce].[c-]1ccccc1. The van der Waals surface area contributed by atoms with Gasteiger partial charge in [0.15, 0.2) is 0 Å². The van der Waals surface area contributed by atoms with Gasteiger partial charge in [0.1, 0.15) is 0 Å². The summed E-state index contributed by atoms with van der Waals surface area (Å²) in [4.78, 5) is 0. The van der Waals surface area contributed by atoms with E-state index in [9.17, 15) is 0 Å². The van der Waals surface area contributed by atoms with Crippen molar-refractivity contribution in [3.05, 3.63) is 36.4 Å². The van der Waals surface area contributed by atoms with Crippen LogP contribution in [0.1, 0.15) is 0 Å². The van der Waals surface area contributed by atoms with E-state index in [0.29, 0.717) is 0 Å². The van der Waals surface area contributed by atoms with Crippen LogP contribution in [0.3, 0.4) is 0 Å². The zero-order valence-corrected chi connectivity index (χ0v) is 7.03. The quantitative estimate of drug-likeness (QED) is 0.577. The van der Waals surface area contributed by atoms with Gasteiger partial charge in [0, 0.05) is 41.7 Å². The first-order valence-corrected chi connectivity index (χ1v) is 1.91. The van der Waals surface area contributed by atoms with E-state index in [-0.39, 0.29) is 41.7 Å². The standard InChI is InChI=1S/C6H5.Ce/c1-2-4-6-5-3-1;/h1-5H;/q-1;. The van der Waals surface area contributed by atoms with Crippen molar-refractivity contribution in [2.45, 2.75) is 0 Å². The molecule has 7 heavy (non-hydrogen) atoms. The Hall–Kier alpha value is 0.597. The minimum Gasteiger partial charge on any atom is -0.184 e. The van der Waals surface area contributed by atoms with E-state index >= 15 is 0 Å². The van der Waals surface area contributed by atoms with Crippen LogP contribution < -0.4 is 0 Å². The summed E-state index contributed by atoms with van der Waals surface area (Å²) in [6, 6.07) is 12.5. The number of hydrogen-bond donors (Lipinski definition) is 0. The Morgan fingerprint density at radius 3 is 1.57 bits per heavy atom. The Labute approximate surface area is 77.3 Å². The normalized spacial score (nSPS) is 6.86. The number of rotatable bonds is 0. The number of hydrogen-bond acceptors (Lipinski definition) is 0. The van der Waals surface area contributed by atoms with Crippen molar-refractivity contribution < 1.29 is 41.7 Å². The molecule has 0 aromatic heterocycles. The Bertz CT molecular complexity index is 76.1. The molecule has 0 bridgehead atoms. The Morgan fingerprint density at radius 1 is 0.857 bits per heavy atom. The molecule has 0 spiro atoms. The maximum atomic E-state index is 2.89. The van der Waals surface area contributed by atoms with Crippen LogP contribution in [0.2, 0.25) is 0 Å². The molecule has 1 aromatic carbocycles. The maximum absolute atomic E-state index is 2.89. The average Bonchev–Trinajstić information content (AvgIpc) is 1.72. The monoisotopic (exact) mass is 217 g/mol. The van der Waals surface area contributed by atoms with Gasteiger partial charge < -0.3 is 0 Å². The Morgan fingerprint density at radius 2 is 1.43 bits per heavy atom. The molecule has 0 atom stereocenters. The molecule has 0 fully saturated rings. The molecule has 0 saturated carbocycles. The Balaban J connectivity index is 0.000000360. The van der Waals surface area contributed by atoms with Gasteiger partial charge in [-0.1, -0.05) is 0 Å². The van der Waals surface area contributed by atoms with Gasteiger partial charge in [0.2, 0.25) is 0 Å². The van der Waals surface area contributed by atoms with Crippen LogP contribution in [0, 0.1) is 47.8 Å². The zero-order chi connectivity index (χ0) is 4.24. The second-order valence-corrected chi connectivity index (χ2v) is 1.08. The summed E-state index contributed by atoms with van der Waals surface area (Å²) in [7, 11) is 0. The van der Waals surface area contributed by atoms with Gasteiger partial charge in [-0.2, -0.15) is 36.4 Å². The molecule has 0 heterocycles. The molecule has 0 N–H and O–H groups in total. The summed E-state index contributed by atoms with van der Waals surface area (Å²) in [5.74, 6) is 0. The minimum absolute atomic E-state index is 0. The van der Waals surface area contributed by atoms with Crippen LogP contribution in [-0.4, -0.2) is 0 Å². The molecular weight excluding hydrogens is 212 g/mol. The first-order valence-electron chi connectivity index (χ1n) is 1.91. The van der Waals surface area contributed by atoms with E-state index in [1.807, 2.05) is 30.3 Å². The molecule has 0 nitrogen and oxygen atoms in total. The molecule has 0 unspecified atom stereocenters. The van der Waals surface area contributed by atoms with Crippen molar-refractivity contribution in [2.75, 3.05) is 0 Å². The Kier molecular flexibility index (Phi) is 5.15. The van der Waals surface area contributed by atoms with Gasteiger partial charge in [-0.25, -0.2) is 0 Å². The van der Waals surface area contributed by atoms with E-state index in [4.69, 9.17) is 0 Å². The number of benzene rings is 1. The summed E-state index contributed by atoms with van der Waals surface area (Å²) in [6.07, 6.45) is 0. The third-order valence-corrected chi connectivity index (χ3v) is 0.607. The molecule has 0 aliphatic carbocycles. The molecule has 1 rings (SSSR count). The van der Waals surface area contributed by atoms with Gasteiger partial charge >= 0.3 is 0 Å². The second kappa shape index (κ2) is 4.75. The molecule has 0 amide bonds. The van der Waals surface area contributed by atoms with Gasteiger partial charge in [-0.3, -0.25) is 0 Å². The third-order valence-electron chi connectivity index (χ3n) is 0.607. The second-order valence-electron chi connectivity index (χ2n) is 1.08. The van der Waals surface area contributed by atoms with E-state index in [1.54, 1.807) is 0 Å². The third kappa shape index (κ3) is 3.20. The summed E-state index contributed by atoms with van der Waals surface area (Å²) < 4.78 is 0. The fraction of sp³-hybridized carbons (Fsp3) is 0. The molecule has 0 aliphatic heterocycles. The largest absolute Gasteiger partial charge is 0.184 e. The molecule has 34 valence electrons. The molecule has 0 saturated heterocycles. The van der Waals surface area contributed by atoms with Crippen LogP contribution in [-0.2, 0) is 0 Å². The fourth-order valence-electron chi connectivity index (χ4n) is 0.342. The molecule has 1 heteroatoms. The first-order chi connectivity index (χ1) is 3.00. The molecule has 1 aromatic rings. The van der Waals surface area contributed by atoms with Crippen LogP contribution in [0.15, 0.2) is 30.3 Å². The predicted molar refractivity (Wildman–Crippen MR) is 25.3 cm³/mol. The van der Waals surface area contributed by atoms with Gasteiger partial charge in [-0.15, -0.1) is 0 Å². The van der Waals surface area contributed by atoms with Crippen molar-refractivity contribution in [3.8, 4) is 0 Å². The minimum atomic E-state index is 0. The average molecular weight is 217 g/mol. The van der Waals surface area contributed by atoms with Crippen LogP contribution in [0.5, 0.6) is 0 Å². The topological polar surface area (TPSA) is 0 Å². The van der Waals surface area contributed by atoms with Crippen LogP contribution in [0.4, 0.5) is 0 Å². The smallest absolute Gasteiger partial charge is 0 e. The fourth-order valence-corrected chi connectivity index (χ4v) is 0.342. The van der Waals surface area contributed by atoms with Crippen molar-refractivity contribution in [1.29, 1.82) is 0 Å². The van der Waals surface area contributed by atoms with E-state index in [1.165, 1.54) is 0 Å². The van der Waals surface area contributed by atoms with Crippen LogP contribution in [0.25, 0.3) is 0 Å². The van der Waals surface area contributed by atoms with Gasteiger partial charge in [0.05, 0.1) is 0 Å². The van der Waals surface area contributed by atoms with Crippen molar-refractivity contribution in [1.82, 2.24) is 0 Å². The van der Waals surface area contributed by atoms with Gasteiger partial charge in [-0.05, 0) is 0 Å². The summed E-state index contributed by atoms with van der Waals surface area (Å²) in [5, 5.41) is 0. The van der Waals surface area contributed by atoms with Crippen LogP contribution >= 0.6 is 0 Å². The van der Waals surface area contributed by atoms with E-state index < -0.39 is 0 Å². The van der Waals surface area contributed by atoms with Crippen molar-refractivity contribution in [2.24, 2.45) is 0 Å². The summed E-state index contributed by atoms with van der Waals surface area (Å²) >= 11 is 0. The van der Waals surface area contributed by atoms with E-state index in [2.05, 4.69) is 6.07 Å².